The molecule has 1 saturated heterocycles. The van der Waals surface area contributed by atoms with Crippen LogP contribution in [-0.4, -0.2) is 54.4 Å². The second kappa shape index (κ2) is 8.00. The molecule has 8 heteroatoms. The van der Waals surface area contributed by atoms with Crippen molar-refractivity contribution in [3.63, 3.8) is 0 Å². The zero-order chi connectivity index (χ0) is 20.3. The van der Waals surface area contributed by atoms with Crippen LogP contribution in [0.25, 0.3) is 0 Å². The summed E-state index contributed by atoms with van der Waals surface area (Å²) in [4.78, 5) is 50.2. The molecule has 3 rings (SSSR count). The molecule has 1 N–H and O–H groups in total. The number of carbonyl (C=O) groups excluding carboxylic acids is 4. The molecule has 2 fully saturated rings. The monoisotopic (exact) mass is 388 g/mol. The fourth-order valence-corrected chi connectivity index (χ4v) is 3.82. The highest BCUT2D eigenvalue weighted by atomic mass is 16.5. The van der Waals surface area contributed by atoms with Gasteiger partial charge in [-0.05, 0) is 43.0 Å². The van der Waals surface area contributed by atoms with Gasteiger partial charge in [-0.2, -0.15) is 0 Å². The van der Waals surface area contributed by atoms with Crippen LogP contribution in [0.2, 0.25) is 0 Å². The van der Waals surface area contributed by atoms with Gasteiger partial charge in [0, 0.05) is 5.56 Å². The van der Waals surface area contributed by atoms with Gasteiger partial charge in [-0.25, -0.2) is 4.79 Å². The second-order valence-corrected chi connectivity index (χ2v) is 7.25. The summed E-state index contributed by atoms with van der Waals surface area (Å²) in [6.07, 6.45) is 3.29. The SMILES string of the molecule is COc1ccc(C(=O)COC(=O)CN2C(=O)N[C@@]3(CCCC[C@@H]3C)C2=O)cc1. The Bertz CT molecular complexity index is 790. The quantitative estimate of drug-likeness (QED) is 0.454. The van der Waals surface area contributed by atoms with Crippen LogP contribution in [0.1, 0.15) is 43.0 Å². The lowest BCUT2D eigenvalue weighted by atomic mass is 9.73. The van der Waals surface area contributed by atoms with Gasteiger partial charge in [-0.15, -0.1) is 0 Å². The standard InChI is InChI=1S/C20H24N2O6/c1-13-5-3-4-10-20(13)18(25)22(19(26)21-20)11-17(24)28-12-16(23)14-6-8-15(27-2)9-7-14/h6-9,13H,3-5,10-12H2,1-2H3,(H,21,26)/t13-,20+/m0/s1. The summed E-state index contributed by atoms with van der Waals surface area (Å²) >= 11 is 0. The number of nitrogens with zero attached hydrogens (tertiary/aromatic N) is 1. The third kappa shape index (κ3) is 3.72. The molecule has 28 heavy (non-hydrogen) atoms. The number of urea groups is 1. The Morgan fingerprint density at radius 2 is 1.93 bits per heavy atom. The van der Waals surface area contributed by atoms with Gasteiger partial charge in [-0.3, -0.25) is 19.3 Å². The normalized spacial score (nSPS) is 24.2. The third-order valence-electron chi connectivity index (χ3n) is 5.56. The van der Waals surface area contributed by atoms with Crippen molar-refractivity contribution in [3.8, 4) is 5.75 Å². The van der Waals surface area contributed by atoms with Crippen LogP contribution in [-0.2, 0) is 14.3 Å². The molecule has 1 aromatic rings. The van der Waals surface area contributed by atoms with E-state index < -0.39 is 30.7 Å². The molecule has 1 aliphatic heterocycles. The van der Waals surface area contributed by atoms with Gasteiger partial charge in [0.05, 0.1) is 7.11 Å². The topological polar surface area (TPSA) is 102 Å². The van der Waals surface area contributed by atoms with Crippen LogP contribution in [0.3, 0.4) is 0 Å². The highest BCUT2D eigenvalue weighted by molar-refractivity contribution is 6.09. The number of imide groups is 1. The van der Waals surface area contributed by atoms with Crippen LogP contribution >= 0.6 is 0 Å². The number of carbonyl (C=O) groups is 4. The van der Waals surface area contributed by atoms with E-state index in [0.717, 1.165) is 24.2 Å². The number of esters is 1. The summed E-state index contributed by atoms with van der Waals surface area (Å²) in [5, 5.41) is 2.78. The minimum atomic E-state index is -0.922. The Morgan fingerprint density at radius 1 is 1.21 bits per heavy atom. The van der Waals surface area contributed by atoms with E-state index in [1.54, 1.807) is 24.3 Å². The maximum atomic E-state index is 12.8. The average Bonchev–Trinajstić information content (AvgIpc) is 2.93. The van der Waals surface area contributed by atoms with Crippen molar-refractivity contribution < 1.29 is 28.7 Å². The van der Waals surface area contributed by atoms with E-state index in [0.29, 0.717) is 17.7 Å². The van der Waals surface area contributed by atoms with Crippen molar-refractivity contribution in [1.82, 2.24) is 10.2 Å². The number of benzene rings is 1. The van der Waals surface area contributed by atoms with Crippen molar-refractivity contribution in [1.29, 1.82) is 0 Å². The Labute approximate surface area is 163 Å². The molecule has 0 bridgehead atoms. The fourth-order valence-electron chi connectivity index (χ4n) is 3.82. The Hall–Kier alpha value is -2.90. The van der Waals surface area contributed by atoms with Gasteiger partial charge >= 0.3 is 12.0 Å². The highest BCUT2D eigenvalue weighted by Crippen LogP contribution is 2.38. The summed E-state index contributed by atoms with van der Waals surface area (Å²) in [6, 6.07) is 5.82. The molecule has 1 saturated carbocycles. The highest BCUT2D eigenvalue weighted by Gasteiger charge is 2.55. The van der Waals surface area contributed by atoms with Gasteiger partial charge < -0.3 is 14.8 Å². The van der Waals surface area contributed by atoms with E-state index >= 15 is 0 Å². The first-order chi connectivity index (χ1) is 13.4. The number of methoxy groups -OCH3 is 1. The number of ketones is 1. The summed E-state index contributed by atoms with van der Waals surface area (Å²) in [5.74, 6) is -0.951. The van der Waals surface area contributed by atoms with Crippen molar-refractivity contribution in [2.75, 3.05) is 20.3 Å². The minimum absolute atomic E-state index is 0.00960. The molecule has 0 radical (unpaired) electrons. The number of ether oxygens (including phenoxy) is 2. The van der Waals surface area contributed by atoms with Gasteiger partial charge in [-0.1, -0.05) is 19.8 Å². The van der Waals surface area contributed by atoms with Crippen LogP contribution in [0.4, 0.5) is 4.79 Å². The van der Waals surface area contributed by atoms with E-state index in [9.17, 15) is 19.2 Å². The molecular formula is C20H24N2O6. The lowest BCUT2D eigenvalue weighted by Gasteiger charge is -2.36. The van der Waals surface area contributed by atoms with Crippen LogP contribution in [0, 0.1) is 5.92 Å². The number of nitrogens with one attached hydrogen (secondary N) is 1. The van der Waals surface area contributed by atoms with Gasteiger partial charge in [0.2, 0.25) is 0 Å². The molecule has 150 valence electrons. The summed E-state index contributed by atoms with van der Waals surface area (Å²) < 4.78 is 10.0. The van der Waals surface area contributed by atoms with Gasteiger partial charge in [0.1, 0.15) is 17.8 Å². The summed E-state index contributed by atoms with van der Waals surface area (Å²) in [6.45, 7) is 0.970. The summed E-state index contributed by atoms with van der Waals surface area (Å²) in [7, 11) is 1.52. The Kier molecular flexibility index (Phi) is 5.67. The predicted octanol–water partition coefficient (Wildman–Crippen LogP) is 1.92. The summed E-state index contributed by atoms with van der Waals surface area (Å²) in [5.41, 5.74) is -0.548. The average molecular weight is 388 g/mol. The van der Waals surface area contributed by atoms with Crippen molar-refractivity contribution in [2.24, 2.45) is 5.92 Å². The molecule has 0 unspecified atom stereocenters. The zero-order valence-corrected chi connectivity index (χ0v) is 16.0. The first-order valence-electron chi connectivity index (χ1n) is 9.34. The molecule has 2 atom stereocenters. The lowest BCUT2D eigenvalue weighted by Crippen LogP contribution is -2.54. The fraction of sp³-hybridized carbons (Fsp3) is 0.500. The van der Waals surface area contributed by atoms with Gasteiger partial charge in [0.25, 0.3) is 5.91 Å². The molecule has 1 heterocycles. The van der Waals surface area contributed by atoms with E-state index in [1.165, 1.54) is 7.11 Å². The maximum Gasteiger partial charge on any atom is 0.326 e. The van der Waals surface area contributed by atoms with Crippen molar-refractivity contribution in [3.05, 3.63) is 29.8 Å². The molecule has 1 aromatic carbocycles. The third-order valence-corrected chi connectivity index (χ3v) is 5.56. The smallest absolute Gasteiger partial charge is 0.326 e. The zero-order valence-electron chi connectivity index (χ0n) is 16.0. The lowest BCUT2D eigenvalue weighted by molar-refractivity contribution is -0.147. The first-order valence-corrected chi connectivity index (χ1v) is 9.34. The predicted molar refractivity (Wildman–Crippen MR) is 98.9 cm³/mol. The van der Waals surface area contributed by atoms with Crippen molar-refractivity contribution >= 4 is 23.7 Å². The van der Waals surface area contributed by atoms with Gasteiger partial charge in [0.15, 0.2) is 12.4 Å². The van der Waals surface area contributed by atoms with Crippen LogP contribution in [0.5, 0.6) is 5.75 Å². The minimum Gasteiger partial charge on any atom is -0.497 e. The van der Waals surface area contributed by atoms with Crippen LogP contribution < -0.4 is 10.1 Å². The Morgan fingerprint density at radius 3 is 2.57 bits per heavy atom. The van der Waals surface area contributed by atoms with Crippen molar-refractivity contribution in [2.45, 2.75) is 38.1 Å². The molecular weight excluding hydrogens is 364 g/mol. The number of rotatable bonds is 6. The Balaban J connectivity index is 1.56. The number of hydrogen-bond donors (Lipinski definition) is 1. The molecule has 0 aromatic heterocycles. The van der Waals surface area contributed by atoms with E-state index in [2.05, 4.69) is 5.32 Å². The number of hydrogen-bond acceptors (Lipinski definition) is 6. The second-order valence-electron chi connectivity index (χ2n) is 7.25. The molecule has 8 nitrogen and oxygen atoms in total. The van der Waals surface area contributed by atoms with E-state index in [4.69, 9.17) is 9.47 Å². The molecule has 3 amide bonds. The largest absolute Gasteiger partial charge is 0.497 e. The first kappa shape index (κ1) is 19.9. The molecule has 1 spiro atoms. The molecule has 2 aliphatic rings. The van der Waals surface area contributed by atoms with Crippen LogP contribution in [0.15, 0.2) is 24.3 Å². The van der Waals surface area contributed by atoms with E-state index in [1.807, 2.05) is 6.92 Å². The maximum absolute atomic E-state index is 12.8. The number of amides is 3. The van der Waals surface area contributed by atoms with E-state index in [-0.39, 0.29) is 17.6 Å². The molecule has 1 aliphatic carbocycles. The number of Topliss-reactive ketones (excluding diaryl/α,β-unsaturated/α-hetero) is 1.